The van der Waals surface area contributed by atoms with Crippen LogP contribution in [0.5, 0.6) is 11.5 Å². The molecule has 2 aromatic rings. The van der Waals surface area contributed by atoms with E-state index < -0.39 is 12.2 Å². The number of aliphatic hydroxyl groups excluding tert-OH is 2. The zero-order valence-electron chi connectivity index (χ0n) is 14.9. The van der Waals surface area contributed by atoms with E-state index in [1.807, 2.05) is 0 Å². The number of ether oxygens (including phenoxy) is 1. The maximum atomic E-state index is 11.4. The molecule has 6 heteroatoms. The number of phenolic OH excluding ortho intramolecular Hbond substituents is 1. The fourth-order valence-corrected chi connectivity index (χ4v) is 2.45. The molecule has 0 fully saturated rings. The molecule has 0 bridgehead atoms. The number of ketones is 1. The Morgan fingerprint density at radius 1 is 1.15 bits per heavy atom. The van der Waals surface area contributed by atoms with Gasteiger partial charge < -0.3 is 25.4 Å². The monoisotopic (exact) mass is 359 g/mol. The van der Waals surface area contributed by atoms with Gasteiger partial charge in [0.25, 0.3) is 0 Å². The Kier molecular flexibility index (Phi) is 7.15. The minimum absolute atomic E-state index is 0.0466. The van der Waals surface area contributed by atoms with Gasteiger partial charge in [-0.15, -0.1) is 0 Å². The molecule has 2 aromatic carbocycles. The van der Waals surface area contributed by atoms with Crippen molar-refractivity contribution in [3.63, 3.8) is 0 Å². The number of nitrogens with one attached hydrogen (secondary N) is 1. The highest BCUT2D eigenvalue weighted by Gasteiger charge is 2.17. The summed E-state index contributed by atoms with van der Waals surface area (Å²) in [5, 5.41) is 32.7. The lowest BCUT2D eigenvalue weighted by molar-refractivity contribution is 0.0875. The van der Waals surface area contributed by atoms with Crippen LogP contribution in [0, 0.1) is 0 Å². The third-order valence-electron chi connectivity index (χ3n) is 4.07. The van der Waals surface area contributed by atoms with Crippen LogP contribution in [-0.2, 0) is 0 Å². The number of aromatic hydroxyl groups is 1. The van der Waals surface area contributed by atoms with E-state index in [-0.39, 0.29) is 30.7 Å². The lowest BCUT2D eigenvalue weighted by atomic mass is 10.0. The largest absolute Gasteiger partial charge is 0.508 e. The molecule has 3 atom stereocenters. The van der Waals surface area contributed by atoms with E-state index in [9.17, 15) is 20.1 Å². The molecular formula is C20H25NO5. The van der Waals surface area contributed by atoms with Crippen LogP contribution in [-0.4, -0.2) is 46.4 Å². The minimum Gasteiger partial charge on any atom is -0.508 e. The number of rotatable bonds is 9. The third kappa shape index (κ3) is 5.84. The zero-order valence-corrected chi connectivity index (χ0v) is 14.9. The first-order valence-corrected chi connectivity index (χ1v) is 8.49. The fourth-order valence-electron chi connectivity index (χ4n) is 2.45. The Balaban J connectivity index is 1.79. The molecule has 4 N–H and O–H groups in total. The zero-order chi connectivity index (χ0) is 19.1. The minimum atomic E-state index is -0.773. The molecule has 0 aromatic heterocycles. The van der Waals surface area contributed by atoms with Crippen molar-refractivity contribution in [1.29, 1.82) is 0 Å². The first kappa shape index (κ1) is 19.9. The number of carbonyl (C=O) groups excluding carboxylic acids is 1. The van der Waals surface area contributed by atoms with Gasteiger partial charge in [0.15, 0.2) is 5.78 Å². The van der Waals surface area contributed by atoms with Gasteiger partial charge in [-0.2, -0.15) is 0 Å². The predicted molar refractivity (Wildman–Crippen MR) is 98.5 cm³/mol. The van der Waals surface area contributed by atoms with Gasteiger partial charge in [0.1, 0.15) is 24.2 Å². The van der Waals surface area contributed by atoms with Crippen molar-refractivity contribution in [3.8, 4) is 11.5 Å². The first-order valence-electron chi connectivity index (χ1n) is 8.49. The van der Waals surface area contributed by atoms with E-state index in [2.05, 4.69) is 5.32 Å². The molecule has 26 heavy (non-hydrogen) atoms. The molecule has 0 aliphatic heterocycles. The van der Waals surface area contributed by atoms with Crippen molar-refractivity contribution in [2.24, 2.45) is 0 Å². The van der Waals surface area contributed by atoms with Gasteiger partial charge >= 0.3 is 0 Å². The Bertz CT molecular complexity index is 716. The molecule has 0 aliphatic rings. The highest BCUT2D eigenvalue weighted by Crippen LogP contribution is 2.19. The van der Waals surface area contributed by atoms with Gasteiger partial charge in [-0.05, 0) is 43.7 Å². The lowest BCUT2D eigenvalue weighted by Gasteiger charge is -2.22. The van der Waals surface area contributed by atoms with Crippen LogP contribution < -0.4 is 10.1 Å². The van der Waals surface area contributed by atoms with E-state index in [0.29, 0.717) is 16.9 Å². The summed E-state index contributed by atoms with van der Waals surface area (Å²) in [7, 11) is 0. The van der Waals surface area contributed by atoms with Crippen LogP contribution >= 0.6 is 0 Å². The Morgan fingerprint density at radius 3 is 2.50 bits per heavy atom. The van der Waals surface area contributed by atoms with Crippen molar-refractivity contribution in [1.82, 2.24) is 5.32 Å². The summed E-state index contributed by atoms with van der Waals surface area (Å²) in [6.45, 7) is 3.60. The van der Waals surface area contributed by atoms with E-state index >= 15 is 0 Å². The second-order valence-corrected chi connectivity index (χ2v) is 6.28. The summed E-state index contributed by atoms with van der Waals surface area (Å²) in [5.41, 5.74) is 1.23. The smallest absolute Gasteiger partial charge is 0.159 e. The van der Waals surface area contributed by atoms with Gasteiger partial charge in [0.05, 0.1) is 6.10 Å². The quantitative estimate of drug-likeness (QED) is 0.512. The second kappa shape index (κ2) is 9.33. The summed E-state index contributed by atoms with van der Waals surface area (Å²) in [5.74, 6) is 0.617. The maximum absolute atomic E-state index is 11.4. The maximum Gasteiger partial charge on any atom is 0.159 e. The van der Waals surface area contributed by atoms with Gasteiger partial charge in [-0.25, -0.2) is 0 Å². The number of carbonyl (C=O) groups is 1. The summed E-state index contributed by atoms with van der Waals surface area (Å²) in [6.07, 6.45) is -1.54. The molecule has 6 nitrogen and oxygen atoms in total. The number of hydrogen-bond acceptors (Lipinski definition) is 6. The molecule has 140 valence electrons. The Morgan fingerprint density at radius 2 is 1.85 bits per heavy atom. The molecule has 0 saturated heterocycles. The summed E-state index contributed by atoms with van der Waals surface area (Å²) < 4.78 is 5.52. The predicted octanol–water partition coefficient (Wildman–Crippen LogP) is 2.05. The van der Waals surface area contributed by atoms with Crippen LogP contribution in [0.15, 0.2) is 48.5 Å². The highest BCUT2D eigenvalue weighted by molar-refractivity contribution is 5.94. The van der Waals surface area contributed by atoms with E-state index in [4.69, 9.17) is 4.74 Å². The molecule has 0 saturated carbocycles. The fraction of sp³-hybridized carbons (Fsp3) is 0.350. The van der Waals surface area contributed by atoms with Gasteiger partial charge in [0, 0.05) is 18.2 Å². The molecule has 2 rings (SSSR count). The molecule has 0 unspecified atom stereocenters. The molecule has 0 aliphatic carbocycles. The number of aliphatic hydroxyl groups is 2. The topological polar surface area (TPSA) is 99.0 Å². The molecule has 0 spiro atoms. The van der Waals surface area contributed by atoms with Crippen LogP contribution in [0.3, 0.4) is 0 Å². The highest BCUT2D eigenvalue weighted by atomic mass is 16.5. The average molecular weight is 359 g/mol. The summed E-state index contributed by atoms with van der Waals surface area (Å²) >= 11 is 0. The van der Waals surface area contributed by atoms with Crippen molar-refractivity contribution >= 4 is 5.78 Å². The summed E-state index contributed by atoms with van der Waals surface area (Å²) in [4.78, 5) is 11.4. The molecular weight excluding hydrogens is 334 g/mol. The van der Waals surface area contributed by atoms with E-state index in [1.165, 1.54) is 19.1 Å². The third-order valence-corrected chi connectivity index (χ3v) is 4.07. The van der Waals surface area contributed by atoms with E-state index in [0.717, 1.165) is 0 Å². The number of Topliss-reactive ketones (excluding diaryl/α,β-unsaturated/α-hetero) is 1. The van der Waals surface area contributed by atoms with Crippen molar-refractivity contribution in [2.75, 3.05) is 13.2 Å². The van der Waals surface area contributed by atoms with E-state index in [1.54, 1.807) is 43.3 Å². The Hall–Kier alpha value is -2.41. The first-order chi connectivity index (χ1) is 12.4. The molecule has 0 radical (unpaired) electrons. The van der Waals surface area contributed by atoms with Crippen LogP contribution in [0.4, 0.5) is 0 Å². The van der Waals surface area contributed by atoms with Gasteiger partial charge in [-0.1, -0.05) is 24.3 Å². The second-order valence-electron chi connectivity index (χ2n) is 6.28. The number of hydrogen-bond donors (Lipinski definition) is 4. The van der Waals surface area contributed by atoms with Crippen molar-refractivity contribution < 1.29 is 24.9 Å². The molecule has 0 amide bonds. The van der Waals surface area contributed by atoms with Crippen molar-refractivity contribution in [2.45, 2.75) is 32.1 Å². The number of phenols is 1. The van der Waals surface area contributed by atoms with Crippen LogP contribution in [0.2, 0.25) is 0 Å². The SMILES string of the molecule is CC(=O)c1cccc(OC[C@H](O)CN[C@H](C)[C@@H](O)c2ccc(O)cc2)c1. The van der Waals surface area contributed by atoms with Gasteiger partial charge in [0.2, 0.25) is 0 Å². The molecule has 0 heterocycles. The van der Waals surface area contributed by atoms with Crippen LogP contribution in [0.1, 0.15) is 35.9 Å². The number of benzene rings is 2. The van der Waals surface area contributed by atoms with Gasteiger partial charge in [-0.3, -0.25) is 4.79 Å². The standard InChI is InChI=1S/C20H25NO5/c1-13(20(25)15-6-8-17(23)9-7-15)21-11-18(24)12-26-19-5-3-4-16(10-19)14(2)22/h3-10,13,18,20-21,23-25H,11-12H2,1-2H3/t13-,18-,20-/m1/s1. The van der Waals surface area contributed by atoms with Crippen molar-refractivity contribution in [3.05, 3.63) is 59.7 Å². The average Bonchev–Trinajstić information content (AvgIpc) is 2.64. The lowest BCUT2D eigenvalue weighted by Crippen LogP contribution is -2.39. The normalized spacial score (nSPS) is 14.5. The Labute approximate surface area is 153 Å². The van der Waals surface area contributed by atoms with Crippen LogP contribution in [0.25, 0.3) is 0 Å². The summed E-state index contributed by atoms with van der Waals surface area (Å²) in [6, 6.07) is 12.8.